The molecular weight excluding hydrogens is 236 g/mol. The highest BCUT2D eigenvalue weighted by Crippen LogP contribution is 2.41. The van der Waals surface area contributed by atoms with Crippen molar-refractivity contribution >= 4 is 5.97 Å². The van der Waals surface area contributed by atoms with Crippen LogP contribution < -0.4 is 4.74 Å². The monoisotopic (exact) mass is 252 g/mol. The molecule has 0 aliphatic carbocycles. The molecular formula is C13H16O5. The fourth-order valence-electron chi connectivity index (χ4n) is 2.08. The zero-order valence-corrected chi connectivity index (χ0v) is 10.1. The number of hydrogen-bond acceptors (Lipinski definition) is 5. The van der Waals surface area contributed by atoms with E-state index in [2.05, 4.69) is 0 Å². The Balaban J connectivity index is 2.15. The highest BCUT2D eigenvalue weighted by Gasteiger charge is 2.33. The molecule has 0 spiro atoms. The van der Waals surface area contributed by atoms with Crippen LogP contribution in [0.1, 0.15) is 25.0 Å². The third kappa shape index (κ3) is 2.41. The van der Waals surface area contributed by atoms with Crippen molar-refractivity contribution < 1.29 is 24.5 Å². The van der Waals surface area contributed by atoms with E-state index < -0.39 is 12.0 Å². The number of phenolic OH excluding ortho intramolecular Hbond substituents is 1. The molecule has 2 N–H and O–H groups in total. The molecule has 0 saturated heterocycles. The van der Waals surface area contributed by atoms with Gasteiger partial charge in [-0.05, 0) is 19.1 Å². The lowest BCUT2D eigenvalue weighted by Gasteiger charge is -2.30. The van der Waals surface area contributed by atoms with Crippen molar-refractivity contribution in [3.05, 3.63) is 23.8 Å². The van der Waals surface area contributed by atoms with Crippen molar-refractivity contribution in [2.75, 3.05) is 13.2 Å². The number of ether oxygens (including phenoxy) is 2. The van der Waals surface area contributed by atoms with Gasteiger partial charge in [0.1, 0.15) is 11.5 Å². The van der Waals surface area contributed by atoms with E-state index in [9.17, 15) is 15.0 Å². The van der Waals surface area contributed by atoms with E-state index in [0.717, 1.165) is 0 Å². The Morgan fingerprint density at radius 2 is 2.33 bits per heavy atom. The van der Waals surface area contributed by atoms with Gasteiger partial charge < -0.3 is 19.7 Å². The van der Waals surface area contributed by atoms with Gasteiger partial charge in [0, 0.05) is 5.92 Å². The predicted octanol–water partition coefficient (Wildman–Crippen LogP) is 1.39. The second-order valence-corrected chi connectivity index (χ2v) is 4.21. The summed E-state index contributed by atoms with van der Waals surface area (Å²) in [4.78, 5) is 11.4. The van der Waals surface area contributed by atoms with E-state index in [-0.39, 0.29) is 24.7 Å². The molecule has 0 saturated carbocycles. The van der Waals surface area contributed by atoms with E-state index >= 15 is 0 Å². The summed E-state index contributed by atoms with van der Waals surface area (Å²) in [7, 11) is 0. The normalized spacial score (nSPS) is 21.9. The number of aromatic hydroxyl groups is 1. The first kappa shape index (κ1) is 12.7. The number of aliphatic hydroxyl groups excluding tert-OH is 1. The van der Waals surface area contributed by atoms with Gasteiger partial charge in [0.2, 0.25) is 0 Å². The molecule has 5 heteroatoms. The molecule has 5 nitrogen and oxygen atoms in total. The van der Waals surface area contributed by atoms with E-state index in [1.165, 1.54) is 6.07 Å². The summed E-state index contributed by atoms with van der Waals surface area (Å²) in [5, 5.41) is 19.9. The molecule has 2 atom stereocenters. The number of benzene rings is 1. The molecule has 0 radical (unpaired) electrons. The van der Waals surface area contributed by atoms with Crippen molar-refractivity contribution in [1.29, 1.82) is 0 Å². The van der Waals surface area contributed by atoms with Crippen molar-refractivity contribution in [2.45, 2.75) is 19.4 Å². The van der Waals surface area contributed by atoms with Crippen LogP contribution in [0.5, 0.6) is 11.5 Å². The highest BCUT2D eigenvalue weighted by molar-refractivity contribution is 5.70. The van der Waals surface area contributed by atoms with Crippen LogP contribution in [0.3, 0.4) is 0 Å². The molecule has 1 aromatic rings. The zero-order valence-electron chi connectivity index (χ0n) is 10.1. The molecule has 0 amide bonds. The molecule has 1 heterocycles. The first-order valence-electron chi connectivity index (χ1n) is 5.91. The minimum atomic E-state index is -0.917. The Kier molecular flexibility index (Phi) is 3.72. The Hall–Kier alpha value is -1.75. The third-order valence-corrected chi connectivity index (χ3v) is 2.97. The maximum Gasteiger partial charge on any atom is 0.306 e. The van der Waals surface area contributed by atoms with Crippen LogP contribution in [0.15, 0.2) is 18.2 Å². The Bertz CT molecular complexity index is 443. The van der Waals surface area contributed by atoms with Gasteiger partial charge in [0.25, 0.3) is 0 Å². The minimum absolute atomic E-state index is 0.0199. The summed E-state index contributed by atoms with van der Waals surface area (Å²) in [6.45, 7) is 2.27. The number of hydrogen-bond donors (Lipinski definition) is 2. The van der Waals surface area contributed by atoms with Gasteiger partial charge in [0.15, 0.2) is 0 Å². The van der Waals surface area contributed by atoms with Crippen LogP contribution >= 0.6 is 0 Å². The third-order valence-electron chi connectivity index (χ3n) is 2.97. The minimum Gasteiger partial charge on any atom is -0.507 e. The molecule has 1 aromatic carbocycles. The number of carbonyl (C=O) groups excluding carboxylic acids is 1. The van der Waals surface area contributed by atoms with Crippen molar-refractivity contribution in [3.8, 4) is 11.5 Å². The van der Waals surface area contributed by atoms with Crippen LogP contribution in [0.2, 0.25) is 0 Å². The summed E-state index contributed by atoms with van der Waals surface area (Å²) in [5.74, 6) is -0.329. The first-order valence-corrected chi connectivity index (χ1v) is 5.91. The number of esters is 1. The standard InChI is InChI=1S/C13H16O5/c1-2-17-11(15)6-8-7-18-10-5-3-4-9(14)12(10)13(8)16/h3-5,8,13-14,16H,2,6-7H2,1H3. The van der Waals surface area contributed by atoms with Gasteiger partial charge in [0.05, 0.1) is 31.3 Å². The van der Waals surface area contributed by atoms with Gasteiger partial charge in [-0.15, -0.1) is 0 Å². The number of phenols is 1. The Labute approximate surface area is 105 Å². The summed E-state index contributed by atoms with van der Waals surface area (Å²) >= 11 is 0. The summed E-state index contributed by atoms with van der Waals surface area (Å²) in [6, 6.07) is 4.81. The largest absolute Gasteiger partial charge is 0.507 e. The topological polar surface area (TPSA) is 76.0 Å². The van der Waals surface area contributed by atoms with Crippen LogP contribution in [0, 0.1) is 5.92 Å². The quantitative estimate of drug-likeness (QED) is 0.795. The van der Waals surface area contributed by atoms with Gasteiger partial charge in [-0.1, -0.05) is 6.07 Å². The van der Waals surface area contributed by atoms with Crippen LogP contribution in [0.25, 0.3) is 0 Å². The van der Waals surface area contributed by atoms with Crippen molar-refractivity contribution in [3.63, 3.8) is 0 Å². The predicted molar refractivity (Wildman–Crippen MR) is 63.3 cm³/mol. The van der Waals surface area contributed by atoms with Gasteiger partial charge in [-0.2, -0.15) is 0 Å². The maximum absolute atomic E-state index is 11.4. The smallest absolute Gasteiger partial charge is 0.306 e. The second-order valence-electron chi connectivity index (χ2n) is 4.21. The van der Waals surface area contributed by atoms with E-state index in [1.54, 1.807) is 19.1 Å². The number of rotatable bonds is 3. The molecule has 0 fully saturated rings. The average Bonchev–Trinajstić information content (AvgIpc) is 2.33. The molecule has 1 aliphatic heterocycles. The summed E-state index contributed by atoms with van der Waals surface area (Å²) < 4.78 is 10.3. The number of fused-ring (bicyclic) bond motifs is 1. The van der Waals surface area contributed by atoms with E-state index in [1.807, 2.05) is 0 Å². The van der Waals surface area contributed by atoms with Crippen molar-refractivity contribution in [1.82, 2.24) is 0 Å². The van der Waals surface area contributed by atoms with Crippen LogP contribution in [-0.4, -0.2) is 29.4 Å². The lowest BCUT2D eigenvalue weighted by atomic mass is 9.90. The van der Waals surface area contributed by atoms with Crippen molar-refractivity contribution in [2.24, 2.45) is 5.92 Å². The maximum atomic E-state index is 11.4. The average molecular weight is 252 g/mol. The Morgan fingerprint density at radius 1 is 1.56 bits per heavy atom. The van der Waals surface area contributed by atoms with Gasteiger partial charge in [-0.25, -0.2) is 0 Å². The number of aliphatic hydroxyl groups is 1. The van der Waals surface area contributed by atoms with Crippen LogP contribution in [0.4, 0.5) is 0 Å². The molecule has 1 aliphatic rings. The molecule has 98 valence electrons. The molecule has 0 aromatic heterocycles. The summed E-state index contributed by atoms with van der Waals surface area (Å²) in [6.07, 6.45) is -0.845. The SMILES string of the molecule is CCOC(=O)CC1COc2cccc(O)c2C1O. The Morgan fingerprint density at radius 3 is 3.06 bits per heavy atom. The lowest BCUT2D eigenvalue weighted by molar-refractivity contribution is -0.146. The zero-order chi connectivity index (χ0) is 13.1. The first-order chi connectivity index (χ1) is 8.63. The molecule has 2 unspecified atom stereocenters. The van der Waals surface area contributed by atoms with Gasteiger partial charge in [-0.3, -0.25) is 4.79 Å². The van der Waals surface area contributed by atoms with E-state index in [4.69, 9.17) is 9.47 Å². The molecule has 18 heavy (non-hydrogen) atoms. The molecule has 0 bridgehead atoms. The lowest BCUT2D eigenvalue weighted by Crippen LogP contribution is -2.28. The second kappa shape index (κ2) is 5.27. The highest BCUT2D eigenvalue weighted by atomic mass is 16.5. The number of carbonyl (C=O) groups is 1. The fourth-order valence-corrected chi connectivity index (χ4v) is 2.08. The fraction of sp³-hybridized carbons (Fsp3) is 0.462. The van der Waals surface area contributed by atoms with E-state index in [0.29, 0.717) is 17.9 Å². The molecule has 2 rings (SSSR count). The van der Waals surface area contributed by atoms with Crippen LogP contribution in [-0.2, 0) is 9.53 Å². The van der Waals surface area contributed by atoms with Gasteiger partial charge >= 0.3 is 5.97 Å². The summed E-state index contributed by atoms with van der Waals surface area (Å²) in [5.41, 5.74) is 0.345.